The van der Waals surface area contributed by atoms with Crippen molar-refractivity contribution in [3.8, 4) is 0 Å². The number of nitrogens with zero attached hydrogens (tertiary/aromatic N) is 1. The molecule has 0 amide bonds. The van der Waals surface area contributed by atoms with Gasteiger partial charge in [0, 0.05) is 18.1 Å². The number of likely N-dealkylation sites (tertiary alicyclic amines) is 1. The predicted molar refractivity (Wildman–Crippen MR) is 68.9 cm³/mol. The highest BCUT2D eigenvalue weighted by molar-refractivity contribution is 7.99. The van der Waals surface area contributed by atoms with Crippen LogP contribution >= 0.6 is 11.8 Å². The Bertz CT molecular complexity index is 193. The number of hydrogen-bond donors (Lipinski definition) is 0. The summed E-state index contributed by atoms with van der Waals surface area (Å²) in [5.74, 6) is 1.97. The molecule has 1 aliphatic rings. The molecule has 1 heterocycles. The zero-order valence-corrected chi connectivity index (χ0v) is 11.1. The van der Waals surface area contributed by atoms with Crippen molar-refractivity contribution in [3.05, 3.63) is 0 Å². The Kier molecular flexibility index (Phi) is 7.68. The van der Waals surface area contributed by atoms with Crippen LogP contribution < -0.4 is 0 Å². The monoisotopic (exact) mass is 245 g/mol. The predicted octanol–water partition coefficient (Wildman–Crippen LogP) is 2.16. The number of ether oxygens (including phenoxy) is 1. The summed E-state index contributed by atoms with van der Waals surface area (Å²) in [4.78, 5) is 13.6. The molecular formula is C12H23NO2S. The Morgan fingerprint density at radius 3 is 2.69 bits per heavy atom. The fourth-order valence-electron chi connectivity index (χ4n) is 1.87. The van der Waals surface area contributed by atoms with E-state index in [1.807, 2.05) is 18.7 Å². The second-order valence-electron chi connectivity index (χ2n) is 4.07. The normalized spacial score (nSPS) is 17.3. The molecule has 0 aliphatic carbocycles. The summed E-state index contributed by atoms with van der Waals surface area (Å²) >= 11 is 1.86. The molecule has 0 unspecified atom stereocenters. The zero-order valence-electron chi connectivity index (χ0n) is 10.2. The molecule has 1 rings (SSSR count). The third-order valence-corrected chi connectivity index (χ3v) is 3.72. The maximum atomic E-state index is 11.1. The highest BCUT2D eigenvalue weighted by Gasteiger charge is 2.09. The smallest absolute Gasteiger partial charge is 0.306 e. The zero-order chi connectivity index (χ0) is 11.6. The molecule has 3 nitrogen and oxygen atoms in total. The fraction of sp³-hybridized carbons (Fsp3) is 0.917. The van der Waals surface area contributed by atoms with Crippen molar-refractivity contribution in [3.63, 3.8) is 0 Å². The quantitative estimate of drug-likeness (QED) is 0.508. The van der Waals surface area contributed by atoms with E-state index in [-0.39, 0.29) is 5.97 Å². The SMILES string of the molecule is CCOC(=O)CCSCCN1CCCCC1. The minimum Gasteiger partial charge on any atom is -0.466 e. The van der Waals surface area contributed by atoms with E-state index in [1.54, 1.807) is 0 Å². The van der Waals surface area contributed by atoms with Crippen molar-refractivity contribution in [2.75, 3.05) is 37.7 Å². The van der Waals surface area contributed by atoms with E-state index in [9.17, 15) is 4.79 Å². The van der Waals surface area contributed by atoms with E-state index >= 15 is 0 Å². The van der Waals surface area contributed by atoms with E-state index < -0.39 is 0 Å². The maximum Gasteiger partial charge on any atom is 0.306 e. The summed E-state index contributed by atoms with van der Waals surface area (Å²) in [5.41, 5.74) is 0. The largest absolute Gasteiger partial charge is 0.466 e. The standard InChI is InChI=1S/C12H23NO2S/c1-2-15-12(14)6-10-16-11-9-13-7-4-3-5-8-13/h2-11H2,1H3. The molecule has 0 saturated carbocycles. The first-order chi connectivity index (χ1) is 7.83. The van der Waals surface area contributed by atoms with Gasteiger partial charge in [-0.25, -0.2) is 0 Å². The van der Waals surface area contributed by atoms with Crippen LogP contribution in [0.1, 0.15) is 32.6 Å². The van der Waals surface area contributed by atoms with Gasteiger partial charge in [-0.05, 0) is 32.9 Å². The summed E-state index contributed by atoms with van der Waals surface area (Å²) in [6, 6.07) is 0. The lowest BCUT2D eigenvalue weighted by Gasteiger charge is -2.25. The number of hydrogen-bond acceptors (Lipinski definition) is 4. The van der Waals surface area contributed by atoms with Crippen LogP contribution in [-0.4, -0.2) is 48.6 Å². The third-order valence-electron chi connectivity index (χ3n) is 2.76. The molecule has 1 aliphatic heterocycles. The van der Waals surface area contributed by atoms with Crippen LogP contribution in [-0.2, 0) is 9.53 Å². The molecular weight excluding hydrogens is 222 g/mol. The minimum atomic E-state index is -0.0621. The lowest BCUT2D eigenvalue weighted by molar-refractivity contribution is -0.142. The Morgan fingerprint density at radius 1 is 1.25 bits per heavy atom. The number of esters is 1. The van der Waals surface area contributed by atoms with Crippen LogP contribution in [0.2, 0.25) is 0 Å². The van der Waals surface area contributed by atoms with Crippen LogP contribution in [0.4, 0.5) is 0 Å². The number of thioether (sulfide) groups is 1. The van der Waals surface area contributed by atoms with Gasteiger partial charge in [0.2, 0.25) is 0 Å². The lowest BCUT2D eigenvalue weighted by Crippen LogP contribution is -2.31. The van der Waals surface area contributed by atoms with Crippen molar-refractivity contribution in [1.29, 1.82) is 0 Å². The molecule has 0 spiro atoms. The van der Waals surface area contributed by atoms with Gasteiger partial charge in [-0.3, -0.25) is 4.79 Å². The Hall–Kier alpha value is -0.220. The fourth-order valence-corrected chi connectivity index (χ4v) is 2.77. The van der Waals surface area contributed by atoms with Gasteiger partial charge in [-0.2, -0.15) is 11.8 Å². The molecule has 0 aromatic rings. The number of carbonyl (C=O) groups is 1. The first-order valence-corrected chi connectivity index (χ1v) is 7.44. The van der Waals surface area contributed by atoms with Crippen LogP contribution in [0.15, 0.2) is 0 Å². The van der Waals surface area contributed by atoms with Crippen LogP contribution in [0, 0.1) is 0 Å². The van der Waals surface area contributed by atoms with E-state index in [0.29, 0.717) is 13.0 Å². The molecule has 0 N–H and O–H groups in total. The van der Waals surface area contributed by atoms with Crippen molar-refractivity contribution >= 4 is 17.7 Å². The summed E-state index contributed by atoms with van der Waals surface area (Å²) in [5, 5.41) is 0. The van der Waals surface area contributed by atoms with E-state index in [0.717, 1.165) is 11.5 Å². The molecule has 0 atom stereocenters. The number of piperidine rings is 1. The second-order valence-corrected chi connectivity index (χ2v) is 5.29. The van der Waals surface area contributed by atoms with Crippen LogP contribution in [0.25, 0.3) is 0 Å². The molecule has 0 radical (unpaired) electrons. The highest BCUT2D eigenvalue weighted by Crippen LogP contribution is 2.10. The lowest BCUT2D eigenvalue weighted by atomic mass is 10.1. The van der Waals surface area contributed by atoms with Gasteiger partial charge in [0.15, 0.2) is 0 Å². The maximum absolute atomic E-state index is 11.1. The molecule has 0 aromatic carbocycles. The minimum absolute atomic E-state index is 0.0621. The Morgan fingerprint density at radius 2 is 2.00 bits per heavy atom. The first kappa shape index (κ1) is 13.8. The van der Waals surface area contributed by atoms with Gasteiger partial charge in [-0.15, -0.1) is 0 Å². The number of carbonyl (C=O) groups excluding carboxylic acids is 1. The van der Waals surface area contributed by atoms with Crippen LogP contribution in [0.5, 0.6) is 0 Å². The summed E-state index contributed by atoms with van der Waals surface area (Å²) in [6.45, 7) is 6.04. The van der Waals surface area contributed by atoms with E-state index in [1.165, 1.54) is 38.9 Å². The molecule has 16 heavy (non-hydrogen) atoms. The van der Waals surface area contributed by atoms with E-state index in [4.69, 9.17) is 4.74 Å². The Labute approximate surface area is 103 Å². The van der Waals surface area contributed by atoms with Crippen molar-refractivity contribution in [2.45, 2.75) is 32.6 Å². The number of rotatable bonds is 7. The Balaban J connectivity index is 1.89. The van der Waals surface area contributed by atoms with Crippen LogP contribution in [0.3, 0.4) is 0 Å². The highest BCUT2D eigenvalue weighted by atomic mass is 32.2. The third kappa shape index (κ3) is 6.38. The van der Waals surface area contributed by atoms with Gasteiger partial charge < -0.3 is 9.64 Å². The molecule has 1 fully saturated rings. The second kappa shape index (κ2) is 8.88. The van der Waals surface area contributed by atoms with Crippen molar-refractivity contribution in [1.82, 2.24) is 4.90 Å². The average molecular weight is 245 g/mol. The molecule has 1 saturated heterocycles. The molecule has 4 heteroatoms. The molecule has 0 aromatic heterocycles. The van der Waals surface area contributed by atoms with Crippen molar-refractivity contribution in [2.24, 2.45) is 0 Å². The average Bonchev–Trinajstić information content (AvgIpc) is 2.30. The van der Waals surface area contributed by atoms with Gasteiger partial charge in [-0.1, -0.05) is 6.42 Å². The summed E-state index contributed by atoms with van der Waals surface area (Å²) < 4.78 is 4.88. The molecule has 94 valence electrons. The van der Waals surface area contributed by atoms with Crippen molar-refractivity contribution < 1.29 is 9.53 Å². The molecule has 0 bridgehead atoms. The van der Waals surface area contributed by atoms with Gasteiger partial charge in [0.25, 0.3) is 0 Å². The van der Waals surface area contributed by atoms with Gasteiger partial charge in [0.1, 0.15) is 0 Å². The summed E-state index contributed by atoms with van der Waals surface area (Å²) in [7, 11) is 0. The summed E-state index contributed by atoms with van der Waals surface area (Å²) in [6.07, 6.45) is 4.66. The first-order valence-electron chi connectivity index (χ1n) is 6.28. The van der Waals surface area contributed by atoms with E-state index in [2.05, 4.69) is 4.90 Å². The topological polar surface area (TPSA) is 29.5 Å². The van der Waals surface area contributed by atoms with Gasteiger partial charge in [0.05, 0.1) is 13.0 Å². The van der Waals surface area contributed by atoms with Gasteiger partial charge >= 0.3 is 5.97 Å².